The lowest BCUT2D eigenvalue weighted by Gasteiger charge is -2.11. The predicted octanol–water partition coefficient (Wildman–Crippen LogP) is 3.26. The number of alkyl halides is 3. The molecule has 0 spiro atoms. The molecule has 1 heterocycles. The maximum atomic E-state index is 12.9. The maximum Gasteiger partial charge on any atom is 0.433 e. The summed E-state index contributed by atoms with van der Waals surface area (Å²) in [6.07, 6.45) is -4.68. The first-order chi connectivity index (χ1) is 9.82. The maximum absolute atomic E-state index is 12.9. The molecule has 2 rings (SSSR count). The van der Waals surface area contributed by atoms with E-state index in [2.05, 4.69) is 14.7 Å². The molecule has 0 aliphatic rings. The number of aryl methyl sites for hydroxylation is 1. The average molecular weight is 296 g/mol. The Morgan fingerprint density at radius 2 is 1.86 bits per heavy atom. The number of benzene rings is 1. The summed E-state index contributed by atoms with van der Waals surface area (Å²) >= 11 is 0. The fourth-order valence-corrected chi connectivity index (χ4v) is 1.77. The zero-order valence-electron chi connectivity index (χ0n) is 11.2. The largest absolute Gasteiger partial charge is 0.463 e. The van der Waals surface area contributed by atoms with Crippen LogP contribution in [0.2, 0.25) is 0 Å². The second kappa shape index (κ2) is 5.51. The SMILES string of the molecule is COC(=O)c1nc(-c2ccccc2C)cc(C(F)(F)F)n1. The Morgan fingerprint density at radius 1 is 1.19 bits per heavy atom. The van der Waals surface area contributed by atoms with Gasteiger partial charge in [-0.3, -0.25) is 0 Å². The number of aromatic nitrogens is 2. The molecular weight excluding hydrogens is 285 g/mol. The molecule has 4 nitrogen and oxygen atoms in total. The number of carbonyl (C=O) groups excluding carboxylic acids is 1. The van der Waals surface area contributed by atoms with Crippen molar-refractivity contribution in [1.82, 2.24) is 9.97 Å². The first-order valence-electron chi connectivity index (χ1n) is 5.93. The van der Waals surface area contributed by atoms with E-state index in [0.717, 1.165) is 18.7 Å². The monoisotopic (exact) mass is 296 g/mol. The van der Waals surface area contributed by atoms with Crippen molar-refractivity contribution in [3.05, 3.63) is 47.4 Å². The van der Waals surface area contributed by atoms with Crippen LogP contribution in [0.1, 0.15) is 21.9 Å². The van der Waals surface area contributed by atoms with Gasteiger partial charge in [0.05, 0.1) is 12.8 Å². The third kappa shape index (κ3) is 3.18. The Kier molecular flexibility index (Phi) is 3.93. The van der Waals surface area contributed by atoms with E-state index in [-0.39, 0.29) is 5.69 Å². The summed E-state index contributed by atoms with van der Waals surface area (Å²) in [5.41, 5.74) is 0.0719. The first kappa shape index (κ1) is 15.0. The quantitative estimate of drug-likeness (QED) is 0.798. The molecular formula is C14H11F3N2O2. The van der Waals surface area contributed by atoms with Crippen molar-refractivity contribution in [2.45, 2.75) is 13.1 Å². The van der Waals surface area contributed by atoms with Crippen LogP contribution in [0.3, 0.4) is 0 Å². The van der Waals surface area contributed by atoms with Gasteiger partial charge in [-0.15, -0.1) is 0 Å². The first-order valence-corrected chi connectivity index (χ1v) is 5.93. The van der Waals surface area contributed by atoms with Crippen molar-refractivity contribution < 1.29 is 22.7 Å². The molecule has 0 aliphatic heterocycles. The minimum Gasteiger partial charge on any atom is -0.463 e. The van der Waals surface area contributed by atoms with Gasteiger partial charge in [0.15, 0.2) is 0 Å². The van der Waals surface area contributed by atoms with Crippen LogP contribution in [-0.2, 0) is 10.9 Å². The van der Waals surface area contributed by atoms with Crippen LogP contribution in [0.25, 0.3) is 11.3 Å². The van der Waals surface area contributed by atoms with Gasteiger partial charge in [-0.2, -0.15) is 13.2 Å². The molecule has 110 valence electrons. The molecule has 0 aliphatic carbocycles. The van der Waals surface area contributed by atoms with Crippen LogP contribution in [0.5, 0.6) is 0 Å². The Balaban J connectivity index is 2.66. The molecule has 0 N–H and O–H groups in total. The van der Waals surface area contributed by atoms with Gasteiger partial charge in [-0.1, -0.05) is 24.3 Å². The van der Waals surface area contributed by atoms with Gasteiger partial charge in [-0.05, 0) is 18.6 Å². The zero-order valence-corrected chi connectivity index (χ0v) is 11.2. The summed E-state index contributed by atoms with van der Waals surface area (Å²) in [5.74, 6) is -1.64. The highest BCUT2D eigenvalue weighted by Gasteiger charge is 2.34. The highest BCUT2D eigenvalue weighted by molar-refractivity contribution is 5.86. The molecule has 0 amide bonds. The number of hydrogen-bond donors (Lipinski definition) is 0. The van der Waals surface area contributed by atoms with Crippen LogP contribution in [0, 0.1) is 6.92 Å². The van der Waals surface area contributed by atoms with E-state index in [0.29, 0.717) is 5.56 Å². The fraction of sp³-hybridized carbons (Fsp3) is 0.214. The summed E-state index contributed by atoms with van der Waals surface area (Å²) in [7, 11) is 1.05. The van der Waals surface area contributed by atoms with E-state index >= 15 is 0 Å². The smallest absolute Gasteiger partial charge is 0.433 e. The van der Waals surface area contributed by atoms with Gasteiger partial charge in [0.1, 0.15) is 5.69 Å². The highest BCUT2D eigenvalue weighted by Crippen LogP contribution is 2.31. The molecule has 0 fully saturated rings. The summed E-state index contributed by atoms with van der Waals surface area (Å²) < 4.78 is 43.1. The molecule has 21 heavy (non-hydrogen) atoms. The van der Waals surface area contributed by atoms with E-state index < -0.39 is 23.7 Å². The second-order valence-corrected chi connectivity index (χ2v) is 4.27. The van der Waals surface area contributed by atoms with E-state index in [9.17, 15) is 18.0 Å². The molecule has 0 unspecified atom stereocenters. The molecule has 0 radical (unpaired) electrons. The van der Waals surface area contributed by atoms with Gasteiger partial charge in [0, 0.05) is 5.56 Å². The second-order valence-electron chi connectivity index (χ2n) is 4.27. The molecule has 1 aromatic heterocycles. The minimum atomic E-state index is -4.68. The lowest BCUT2D eigenvalue weighted by molar-refractivity contribution is -0.141. The highest BCUT2D eigenvalue weighted by atomic mass is 19.4. The van der Waals surface area contributed by atoms with Crippen LogP contribution >= 0.6 is 0 Å². The van der Waals surface area contributed by atoms with Crippen molar-refractivity contribution in [1.29, 1.82) is 0 Å². The Bertz CT molecular complexity index is 684. The van der Waals surface area contributed by atoms with Gasteiger partial charge < -0.3 is 4.74 Å². The van der Waals surface area contributed by atoms with Crippen LogP contribution in [-0.4, -0.2) is 23.0 Å². The number of esters is 1. The van der Waals surface area contributed by atoms with Crippen molar-refractivity contribution >= 4 is 5.97 Å². The molecule has 0 saturated carbocycles. The zero-order chi connectivity index (χ0) is 15.6. The van der Waals surface area contributed by atoms with Gasteiger partial charge in [-0.25, -0.2) is 14.8 Å². The third-order valence-corrected chi connectivity index (χ3v) is 2.81. The molecule has 0 atom stereocenters. The van der Waals surface area contributed by atoms with E-state index in [4.69, 9.17) is 0 Å². The molecule has 0 bridgehead atoms. The number of methoxy groups -OCH3 is 1. The normalized spacial score (nSPS) is 11.3. The van der Waals surface area contributed by atoms with E-state index in [1.165, 1.54) is 0 Å². The number of ether oxygens (including phenoxy) is 1. The minimum absolute atomic E-state index is 0.0239. The van der Waals surface area contributed by atoms with E-state index in [1.54, 1.807) is 31.2 Å². The number of rotatable bonds is 2. The van der Waals surface area contributed by atoms with E-state index in [1.807, 2.05) is 0 Å². The Labute approximate surface area is 118 Å². The van der Waals surface area contributed by atoms with Crippen molar-refractivity contribution in [3.8, 4) is 11.3 Å². The van der Waals surface area contributed by atoms with Crippen molar-refractivity contribution in [3.63, 3.8) is 0 Å². The summed E-state index contributed by atoms with van der Waals surface area (Å²) in [5, 5.41) is 0. The Morgan fingerprint density at radius 3 is 2.43 bits per heavy atom. The third-order valence-electron chi connectivity index (χ3n) is 2.81. The average Bonchev–Trinajstić information content (AvgIpc) is 2.45. The lowest BCUT2D eigenvalue weighted by atomic mass is 10.0. The molecule has 0 saturated heterocycles. The number of carbonyl (C=O) groups is 1. The Hall–Kier alpha value is -2.44. The van der Waals surface area contributed by atoms with Gasteiger partial charge >= 0.3 is 12.1 Å². The standard InChI is InChI=1S/C14H11F3N2O2/c1-8-5-3-4-6-9(8)10-7-11(14(15,16)17)19-12(18-10)13(20)21-2/h3-7H,1-2H3. The van der Waals surface area contributed by atoms with Crippen LogP contribution in [0.4, 0.5) is 13.2 Å². The molecule has 2 aromatic rings. The fourth-order valence-electron chi connectivity index (χ4n) is 1.77. The number of halogens is 3. The predicted molar refractivity (Wildman–Crippen MR) is 68.5 cm³/mol. The molecule has 7 heteroatoms. The van der Waals surface area contributed by atoms with Gasteiger partial charge in [0.2, 0.25) is 5.82 Å². The number of hydrogen-bond acceptors (Lipinski definition) is 4. The summed E-state index contributed by atoms with van der Waals surface area (Å²) in [4.78, 5) is 18.5. The van der Waals surface area contributed by atoms with Crippen molar-refractivity contribution in [2.75, 3.05) is 7.11 Å². The summed E-state index contributed by atoms with van der Waals surface area (Å²) in [6.45, 7) is 1.74. The van der Waals surface area contributed by atoms with Crippen molar-refractivity contribution in [2.24, 2.45) is 0 Å². The topological polar surface area (TPSA) is 52.1 Å². The van der Waals surface area contributed by atoms with Crippen LogP contribution in [0.15, 0.2) is 30.3 Å². The lowest BCUT2D eigenvalue weighted by Crippen LogP contribution is -2.15. The number of nitrogens with zero attached hydrogens (tertiary/aromatic N) is 2. The summed E-state index contributed by atoms with van der Waals surface area (Å²) in [6, 6.07) is 7.61. The van der Waals surface area contributed by atoms with Crippen LogP contribution < -0.4 is 0 Å². The van der Waals surface area contributed by atoms with Gasteiger partial charge in [0.25, 0.3) is 0 Å². The molecule has 1 aromatic carbocycles.